The molecule has 0 aliphatic heterocycles. The van der Waals surface area contributed by atoms with E-state index in [0.717, 1.165) is 35.3 Å². The molecule has 0 unspecified atom stereocenters. The molecule has 3 rings (SSSR count). The Morgan fingerprint density at radius 2 is 1.61 bits per heavy atom. The highest BCUT2D eigenvalue weighted by Gasteiger charge is 2.20. The van der Waals surface area contributed by atoms with Gasteiger partial charge in [0.2, 0.25) is 5.91 Å². The maximum atomic E-state index is 12.9. The molecule has 0 N–H and O–H groups in total. The van der Waals surface area contributed by atoms with Crippen LogP contribution in [0, 0.1) is 0 Å². The number of hydrogen-bond donors (Lipinski definition) is 0. The Morgan fingerprint density at radius 3 is 2.19 bits per heavy atom. The van der Waals surface area contributed by atoms with Gasteiger partial charge in [-0.1, -0.05) is 30.0 Å². The summed E-state index contributed by atoms with van der Waals surface area (Å²) in [4.78, 5) is 17.1. The molecule has 0 bridgehead atoms. The second-order valence-electron chi connectivity index (χ2n) is 7.57. The molecule has 0 saturated heterocycles. The first kappa shape index (κ1) is 22.9. The van der Waals surface area contributed by atoms with Crippen LogP contribution in [0.2, 0.25) is 0 Å². The molecule has 0 atom stereocenters. The lowest BCUT2D eigenvalue weighted by atomic mass is 10.2. The van der Waals surface area contributed by atoms with Crippen LogP contribution in [0.5, 0.6) is 0 Å². The molecule has 2 aromatic carbocycles. The zero-order chi connectivity index (χ0) is 22.4. The van der Waals surface area contributed by atoms with Crippen LogP contribution in [-0.4, -0.2) is 45.6 Å². The highest BCUT2D eigenvalue weighted by Crippen LogP contribution is 2.26. The Labute approximate surface area is 189 Å². The van der Waals surface area contributed by atoms with Crippen LogP contribution < -0.4 is 9.80 Å². The van der Waals surface area contributed by atoms with Gasteiger partial charge in [0.15, 0.2) is 11.0 Å². The maximum Gasteiger partial charge on any atom is 0.237 e. The number of benzene rings is 2. The Balaban J connectivity index is 1.71. The summed E-state index contributed by atoms with van der Waals surface area (Å²) >= 11 is 1.42. The van der Waals surface area contributed by atoms with Crippen LogP contribution in [0.1, 0.15) is 27.7 Å². The summed E-state index contributed by atoms with van der Waals surface area (Å²) in [6.07, 6.45) is 0. The van der Waals surface area contributed by atoms with Crippen molar-refractivity contribution < 1.29 is 4.79 Å². The van der Waals surface area contributed by atoms with Gasteiger partial charge < -0.3 is 14.4 Å². The summed E-state index contributed by atoms with van der Waals surface area (Å²) in [5.74, 6) is 1.16. The molecule has 0 aliphatic carbocycles. The maximum absolute atomic E-state index is 12.9. The van der Waals surface area contributed by atoms with Crippen molar-refractivity contribution in [3.05, 3.63) is 54.6 Å². The second kappa shape index (κ2) is 10.5. The number of aromatic nitrogens is 3. The summed E-state index contributed by atoms with van der Waals surface area (Å²) in [7, 11) is 1.94. The van der Waals surface area contributed by atoms with Gasteiger partial charge in [0.05, 0.1) is 5.75 Å². The predicted molar refractivity (Wildman–Crippen MR) is 130 cm³/mol. The van der Waals surface area contributed by atoms with Gasteiger partial charge in [-0.25, -0.2) is 0 Å². The third kappa shape index (κ3) is 5.28. The number of carbonyl (C=O) groups excluding carboxylic acids is 1. The van der Waals surface area contributed by atoms with Gasteiger partial charge in [-0.3, -0.25) is 4.79 Å². The molecular formula is C24H31N5OS. The Kier molecular flexibility index (Phi) is 7.74. The molecule has 0 fully saturated rings. The molecule has 0 radical (unpaired) electrons. The van der Waals surface area contributed by atoms with E-state index >= 15 is 0 Å². The van der Waals surface area contributed by atoms with Crippen molar-refractivity contribution in [2.45, 2.75) is 38.9 Å². The molecule has 0 saturated carbocycles. The molecule has 0 spiro atoms. The average molecular weight is 438 g/mol. The zero-order valence-electron chi connectivity index (χ0n) is 18.9. The highest BCUT2D eigenvalue weighted by molar-refractivity contribution is 7.99. The van der Waals surface area contributed by atoms with E-state index in [2.05, 4.69) is 53.2 Å². The molecule has 1 aromatic heterocycles. The fourth-order valence-corrected chi connectivity index (χ4v) is 4.39. The number of hydrogen-bond acceptors (Lipinski definition) is 5. The van der Waals surface area contributed by atoms with Crippen LogP contribution in [0.25, 0.3) is 11.4 Å². The van der Waals surface area contributed by atoms with Crippen molar-refractivity contribution in [3.63, 3.8) is 0 Å². The summed E-state index contributed by atoms with van der Waals surface area (Å²) in [6.45, 7) is 10.3. The molecular weight excluding hydrogens is 406 g/mol. The molecule has 1 amide bonds. The third-order valence-corrected chi connectivity index (χ3v) is 6.24. The number of nitrogens with zero attached hydrogens (tertiary/aromatic N) is 5. The lowest BCUT2D eigenvalue weighted by molar-refractivity contribution is -0.116. The molecule has 31 heavy (non-hydrogen) atoms. The van der Waals surface area contributed by atoms with Crippen LogP contribution in [0.15, 0.2) is 59.8 Å². The van der Waals surface area contributed by atoms with Gasteiger partial charge in [0.1, 0.15) is 0 Å². The fraction of sp³-hybridized carbons (Fsp3) is 0.375. The lowest BCUT2D eigenvalue weighted by Gasteiger charge is -2.26. The van der Waals surface area contributed by atoms with Crippen LogP contribution >= 0.6 is 11.8 Å². The predicted octanol–water partition coefficient (Wildman–Crippen LogP) is 4.86. The van der Waals surface area contributed by atoms with E-state index < -0.39 is 0 Å². The van der Waals surface area contributed by atoms with Crippen molar-refractivity contribution in [3.8, 4) is 11.4 Å². The van der Waals surface area contributed by atoms with Gasteiger partial charge in [0, 0.05) is 43.1 Å². The minimum atomic E-state index is 0.0549. The molecule has 6 nitrogen and oxygen atoms in total. The van der Waals surface area contributed by atoms with Crippen LogP contribution in [0.4, 0.5) is 11.4 Å². The van der Waals surface area contributed by atoms with Gasteiger partial charge in [0.25, 0.3) is 0 Å². The average Bonchev–Trinajstić information content (AvgIpc) is 3.14. The molecule has 164 valence electrons. The van der Waals surface area contributed by atoms with E-state index in [1.54, 1.807) is 0 Å². The number of thioether (sulfide) groups is 1. The monoisotopic (exact) mass is 437 g/mol. The Bertz CT molecular complexity index is 981. The van der Waals surface area contributed by atoms with E-state index in [0.29, 0.717) is 5.75 Å². The SMILES string of the molecule is CCN(CC)c1ccc(-c2nnc(SCC(=O)N(c3ccccc3)C(C)C)n2C)cc1. The van der Waals surface area contributed by atoms with Gasteiger partial charge in [-0.15, -0.1) is 10.2 Å². The van der Waals surface area contributed by atoms with Gasteiger partial charge in [-0.2, -0.15) is 0 Å². The van der Waals surface area contributed by atoms with Crippen molar-refractivity contribution >= 4 is 29.0 Å². The van der Waals surface area contributed by atoms with Crippen molar-refractivity contribution in [2.24, 2.45) is 7.05 Å². The highest BCUT2D eigenvalue weighted by atomic mass is 32.2. The number of para-hydroxylation sites is 1. The van der Waals surface area contributed by atoms with Crippen LogP contribution in [-0.2, 0) is 11.8 Å². The number of carbonyl (C=O) groups is 1. The topological polar surface area (TPSA) is 54.3 Å². The first-order valence-corrected chi connectivity index (χ1v) is 11.7. The van der Waals surface area contributed by atoms with E-state index in [1.165, 1.54) is 17.4 Å². The van der Waals surface area contributed by atoms with Gasteiger partial charge in [-0.05, 0) is 64.1 Å². The van der Waals surface area contributed by atoms with E-state index in [9.17, 15) is 4.79 Å². The van der Waals surface area contributed by atoms with Gasteiger partial charge >= 0.3 is 0 Å². The molecule has 7 heteroatoms. The number of amides is 1. The second-order valence-corrected chi connectivity index (χ2v) is 8.51. The first-order valence-electron chi connectivity index (χ1n) is 10.7. The minimum Gasteiger partial charge on any atom is -0.372 e. The quantitative estimate of drug-likeness (QED) is 0.448. The minimum absolute atomic E-state index is 0.0549. The smallest absolute Gasteiger partial charge is 0.237 e. The normalized spacial score (nSPS) is 11.0. The van der Waals surface area contributed by atoms with Crippen molar-refractivity contribution in [1.29, 1.82) is 0 Å². The van der Waals surface area contributed by atoms with E-state index in [4.69, 9.17) is 0 Å². The van der Waals surface area contributed by atoms with E-state index in [1.807, 2.05) is 60.7 Å². The third-order valence-electron chi connectivity index (χ3n) is 5.23. The van der Waals surface area contributed by atoms with Crippen LogP contribution in [0.3, 0.4) is 0 Å². The number of rotatable bonds is 9. The Hall–Kier alpha value is -2.80. The lowest BCUT2D eigenvalue weighted by Crippen LogP contribution is -2.38. The van der Waals surface area contributed by atoms with Crippen molar-refractivity contribution in [2.75, 3.05) is 28.6 Å². The molecule has 3 aromatic rings. The fourth-order valence-electron chi connectivity index (χ4n) is 3.62. The van der Waals surface area contributed by atoms with Crippen molar-refractivity contribution in [1.82, 2.24) is 14.8 Å². The first-order chi connectivity index (χ1) is 15.0. The van der Waals surface area contributed by atoms with E-state index in [-0.39, 0.29) is 11.9 Å². The largest absolute Gasteiger partial charge is 0.372 e. The summed E-state index contributed by atoms with van der Waals surface area (Å²) in [6, 6.07) is 18.3. The molecule has 0 aliphatic rings. The molecule has 1 heterocycles. The number of anilines is 2. The summed E-state index contributed by atoms with van der Waals surface area (Å²) in [5.41, 5.74) is 3.12. The summed E-state index contributed by atoms with van der Waals surface area (Å²) in [5, 5.41) is 9.43. The Morgan fingerprint density at radius 1 is 0.968 bits per heavy atom. The standard InChI is InChI=1S/C24H31N5OS/c1-6-28(7-2)20-15-13-19(14-16-20)23-25-26-24(27(23)5)31-17-22(30)29(18(3)4)21-11-9-8-10-12-21/h8-16,18H,6-7,17H2,1-5H3. The zero-order valence-corrected chi connectivity index (χ0v) is 19.8. The summed E-state index contributed by atoms with van der Waals surface area (Å²) < 4.78 is 1.95.